The fraction of sp³-hybridized carbons (Fsp3) is 0.600. The molecule has 108 valence electrons. The molecule has 4 heteroatoms. The second kappa shape index (κ2) is 7.46. The van der Waals surface area contributed by atoms with Gasteiger partial charge >= 0.3 is 0 Å². The first-order valence-corrected chi connectivity index (χ1v) is 6.70. The number of halogens is 1. The third-order valence-electron chi connectivity index (χ3n) is 3.34. The van der Waals surface area contributed by atoms with Crippen LogP contribution in [0.25, 0.3) is 0 Å². The fourth-order valence-corrected chi connectivity index (χ4v) is 1.85. The van der Waals surface area contributed by atoms with Crippen molar-refractivity contribution in [2.24, 2.45) is 5.92 Å². The molecule has 1 rings (SSSR count). The number of rotatable bonds is 7. The van der Waals surface area contributed by atoms with Crippen molar-refractivity contribution in [3.63, 3.8) is 0 Å². The van der Waals surface area contributed by atoms with E-state index in [9.17, 15) is 9.50 Å². The molecule has 19 heavy (non-hydrogen) atoms. The molecule has 0 aliphatic carbocycles. The van der Waals surface area contributed by atoms with Crippen LogP contribution >= 0.6 is 0 Å². The van der Waals surface area contributed by atoms with Gasteiger partial charge in [-0.15, -0.1) is 0 Å². The molecule has 0 saturated carbocycles. The number of hydrogen-bond acceptors (Lipinski definition) is 3. The Bertz CT molecular complexity index is 396. The molecule has 0 aromatic heterocycles. The summed E-state index contributed by atoms with van der Waals surface area (Å²) in [6.07, 6.45) is 0.396. The molecular weight excluding hydrogens is 245 g/mol. The van der Waals surface area contributed by atoms with Crippen molar-refractivity contribution in [2.75, 3.05) is 13.7 Å². The van der Waals surface area contributed by atoms with E-state index in [1.807, 2.05) is 26.8 Å². The second-order valence-corrected chi connectivity index (χ2v) is 5.17. The molecule has 1 aromatic carbocycles. The Morgan fingerprint density at radius 3 is 2.53 bits per heavy atom. The summed E-state index contributed by atoms with van der Waals surface area (Å²) in [7, 11) is 1.45. The average molecular weight is 269 g/mol. The lowest BCUT2D eigenvalue weighted by atomic mass is 10.0. The van der Waals surface area contributed by atoms with Crippen LogP contribution in [0.1, 0.15) is 38.8 Å². The molecule has 0 heterocycles. The molecule has 0 aliphatic heterocycles. The van der Waals surface area contributed by atoms with Crippen molar-refractivity contribution in [1.29, 1.82) is 0 Å². The highest BCUT2D eigenvalue weighted by Crippen LogP contribution is 2.21. The monoisotopic (exact) mass is 269 g/mol. The van der Waals surface area contributed by atoms with E-state index < -0.39 is 0 Å². The topological polar surface area (TPSA) is 41.5 Å². The van der Waals surface area contributed by atoms with Crippen molar-refractivity contribution in [3.8, 4) is 5.75 Å². The maximum atomic E-state index is 13.6. The zero-order chi connectivity index (χ0) is 14.4. The Morgan fingerprint density at radius 2 is 2.00 bits per heavy atom. The smallest absolute Gasteiger partial charge is 0.165 e. The Kier molecular flexibility index (Phi) is 6.25. The lowest BCUT2D eigenvalue weighted by Gasteiger charge is -2.18. The molecule has 0 aliphatic rings. The van der Waals surface area contributed by atoms with Gasteiger partial charge in [-0.05, 0) is 43.5 Å². The third kappa shape index (κ3) is 4.80. The van der Waals surface area contributed by atoms with Crippen molar-refractivity contribution in [2.45, 2.75) is 39.3 Å². The van der Waals surface area contributed by atoms with Gasteiger partial charge in [-0.25, -0.2) is 4.39 Å². The Morgan fingerprint density at radius 1 is 1.32 bits per heavy atom. The highest BCUT2D eigenvalue weighted by Gasteiger charge is 2.11. The molecule has 0 radical (unpaired) electrons. The number of hydrogen-bond donors (Lipinski definition) is 2. The van der Waals surface area contributed by atoms with E-state index in [0.717, 1.165) is 5.56 Å². The van der Waals surface area contributed by atoms with Crippen LogP contribution in [0.5, 0.6) is 5.75 Å². The van der Waals surface area contributed by atoms with Crippen molar-refractivity contribution in [3.05, 3.63) is 29.6 Å². The molecular formula is C15H24FNO2. The SMILES string of the molecule is COc1ccc(C(C)NCCC(O)C(C)C)cc1F. The summed E-state index contributed by atoms with van der Waals surface area (Å²) in [5, 5.41) is 13.0. The summed E-state index contributed by atoms with van der Waals surface area (Å²) >= 11 is 0. The first-order valence-electron chi connectivity index (χ1n) is 6.70. The number of benzene rings is 1. The van der Waals surface area contributed by atoms with Gasteiger partial charge in [-0.3, -0.25) is 0 Å². The zero-order valence-corrected chi connectivity index (χ0v) is 12.1. The second-order valence-electron chi connectivity index (χ2n) is 5.17. The average Bonchev–Trinajstić information content (AvgIpc) is 2.38. The van der Waals surface area contributed by atoms with Crippen LogP contribution in [0.2, 0.25) is 0 Å². The van der Waals surface area contributed by atoms with Crippen molar-refractivity contribution in [1.82, 2.24) is 5.32 Å². The summed E-state index contributed by atoms with van der Waals surface area (Å²) in [6.45, 7) is 6.66. The number of aliphatic hydroxyl groups excluding tert-OH is 1. The van der Waals surface area contributed by atoms with E-state index in [1.165, 1.54) is 13.2 Å². The number of aliphatic hydroxyl groups is 1. The maximum absolute atomic E-state index is 13.6. The van der Waals surface area contributed by atoms with Crippen LogP contribution in [0.4, 0.5) is 4.39 Å². The highest BCUT2D eigenvalue weighted by atomic mass is 19.1. The summed E-state index contributed by atoms with van der Waals surface area (Å²) < 4.78 is 18.5. The lowest BCUT2D eigenvalue weighted by molar-refractivity contribution is 0.115. The van der Waals surface area contributed by atoms with Gasteiger partial charge in [-0.1, -0.05) is 19.9 Å². The van der Waals surface area contributed by atoms with Crippen molar-refractivity contribution < 1.29 is 14.2 Å². The molecule has 0 spiro atoms. The van der Waals surface area contributed by atoms with Gasteiger partial charge in [0.05, 0.1) is 13.2 Å². The van der Waals surface area contributed by atoms with Crippen LogP contribution < -0.4 is 10.1 Å². The minimum absolute atomic E-state index is 0.0415. The van der Waals surface area contributed by atoms with E-state index in [0.29, 0.717) is 13.0 Å². The van der Waals surface area contributed by atoms with Gasteiger partial charge in [0.1, 0.15) is 0 Å². The Hall–Kier alpha value is -1.13. The predicted octanol–water partition coefficient (Wildman–Crippen LogP) is 2.89. The normalized spacial score (nSPS) is 14.5. The molecule has 2 unspecified atom stereocenters. The number of methoxy groups -OCH3 is 1. The first kappa shape index (κ1) is 15.9. The van der Waals surface area contributed by atoms with Crippen LogP contribution in [0, 0.1) is 11.7 Å². The number of ether oxygens (including phenoxy) is 1. The van der Waals surface area contributed by atoms with Gasteiger partial charge in [0.2, 0.25) is 0 Å². The van der Waals surface area contributed by atoms with E-state index in [1.54, 1.807) is 6.07 Å². The summed E-state index contributed by atoms with van der Waals surface area (Å²) in [6, 6.07) is 5.00. The minimum atomic E-state index is -0.351. The van der Waals surface area contributed by atoms with E-state index >= 15 is 0 Å². The van der Waals surface area contributed by atoms with Crippen LogP contribution in [0.3, 0.4) is 0 Å². The van der Waals surface area contributed by atoms with Crippen LogP contribution in [-0.4, -0.2) is 24.9 Å². The molecule has 0 amide bonds. The molecule has 2 N–H and O–H groups in total. The minimum Gasteiger partial charge on any atom is -0.494 e. The van der Waals surface area contributed by atoms with E-state index in [-0.39, 0.29) is 29.6 Å². The number of nitrogens with one attached hydrogen (secondary N) is 1. The van der Waals surface area contributed by atoms with Gasteiger partial charge in [-0.2, -0.15) is 0 Å². The maximum Gasteiger partial charge on any atom is 0.165 e. The zero-order valence-electron chi connectivity index (χ0n) is 12.1. The third-order valence-corrected chi connectivity index (χ3v) is 3.34. The van der Waals surface area contributed by atoms with Crippen LogP contribution in [0.15, 0.2) is 18.2 Å². The molecule has 0 saturated heterocycles. The molecule has 0 bridgehead atoms. The molecule has 0 fully saturated rings. The standard InChI is InChI=1S/C15H24FNO2/c1-10(2)14(18)7-8-17-11(3)12-5-6-15(19-4)13(16)9-12/h5-6,9-11,14,17-18H,7-8H2,1-4H3. The highest BCUT2D eigenvalue weighted by molar-refractivity contribution is 5.30. The molecule has 2 atom stereocenters. The van der Waals surface area contributed by atoms with E-state index in [4.69, 9.17) is 4.74 Å². The van der Waals surface area contributed by atoms with Crippen molar-refractivity contribution >= 4 is 0 Å². The first-order chi connectivity index (χ1) is 8.95. The Balaban J connectivity index is 2.49. The van der Waals surface area contributed by atoms with Crippen LogP contribution in [-0.2, 0) is 0 Å². The van der Waals surface area contributed by atoms with Gasteiger partial charge in [0.25, 0.3) is 0 Å². The van der Waals surface area contributed by atoms with Gasteiger partial charge in [0.15, 0.2) is 11.6 Å². The van der Waals surface area contributed by atoms with Gasteiger partial charge in [0, 0.05) is 6.04 Å². The molecule has 3 nitrogen and oxygen atoms in total. The summed E-state index contributed by atoms with van der Waals surface area (Å²) in [5.41, 5.74) is 0.873. The lowest BCUT2D eigenvalue weighted by Crippen LogP contribution is -2.25. The molecule has 1 aromatic rings. The largest absolute Gasteiger partial charge is 0.494 e. The predicted molar refractivity (Wildman–Crippen MR) is 74.8 cm³/mol. The van der Waals surface area contributed by atoms with E-state index in [2.05, 4.69) is 5.32 Å². The van der Waals surface area contributed by atoms with Gasteiger partial charge < -0.3 is 15.2 Å². The summed E-state index contributed by atoms with van der Waals surface area (Å²) in [4.78, 5) is 0. The fourth-order valence-electron chi connectivity index (χ4n) is 1.85. The Labute approximate surface area is 114 Å². The summed E-state index contributed by atoms with van der Waals surface area (Å²) in [5.74, 6) is 0.164. The quantitative estimate of drug-likeness (QED) is 0.799.